The Morgan fingerprint density at radius 3 is 2.69 bits per heavy atom. The molecular formula is C23H19ClN2O3. The first kappa shape index (κ1) is 19.1. The van der Waals surface area contributed by atoms with Gasteiger partial charge in [-0.1, -0.05) is 29.8 Å². The number of carbonyl (C=O) groups excluding carboxylic acids is 1. The molecule has 1 aliphatic heterocycles. The van der Waals surface area contributed by atoms with Crippen molar-refractivity contribution in [2.45, 2.75) is 25.2 Å². The maximum absolute atomic E-state index is 11.8. The number of ether oxygens (including phenoxy) is 2. The molecule has 2 aliphatic rings. The maximum atomic E-state index is 11.8. The minimum absolute atomic E-state index is 0.0741. The van der Waals surface area contributed by atoms with Crippen LogP contribution in [0.4, 0.5) is 0 Å². The predicted molar refractivity (Wildman–Crippen MR) is 110 cm³/mol. The summed E-state index contributed by atoms with van der Waals surface area (Å²) < 4.78 is 11.4. The molecule has 0 saturated carbocycles. The lowest BCUT2D eigenvalue weighted by Crippen LogP contribution is -2.27. The fraction of sp³-hybridized carbons (Fsp3) is 0.217. The first-order valence-electron chi connectivity index (χ1n) is 9.35. The molecule has 4 rings (SSSR count). The van der Waals surface area contributed by atoms with Crippen LogP contribution in [0, 0.1) is 11.3 Å². The van der Waals surface area contributed by atoms with Crippen molar-refractivity contribution in [1.29, 1.82) is 5.26 Å². The number of nitrogens with one attached hydrogen (secondary N) is 1. The number of nitrogens with zero attached hydrogens (tertiary/aromatic N) is 1. The van der Waals surface area contributed by atoms with Crippen LogP contribution in [0.5, 0.6) is 11.5 Å². The van der Waals surface area contributed by atoms with Crippen molar-refractivity contribution in [3.05, 3.63) is 81.8 Å². The van der Waals surface area contributed by atoms with Crippen LogP contribution in [0.2, 0.25) is 5.02 Å². The lowest BCUT2D eigenvalue weighted by atomic mass is 9.83. The number of hydrogen-bond acceptors (Lipinski definition) is 5. The minimum Gasteiger partial charge on any atom is -0.497 e. The molecule has 0 amide bonds. The van der Waals surface area contributed by atoms with Gasteiger partial charge in [-0.15, -0.1) is 0 Å². The molecule has 5 nitrogen and oxygen atoms in total. The summed E-state index contributed by atoms with van der Waals surface area (Å²) in [7, 11) is 1.59. The Bertz CT molecular complexity index is 1060. The Morgan fingerprint density at radius 2 is 2.00 bits per heavy atom. The predicted octanol–water partition coefficient (Wildman–Crippen LogP) is 4.83. The highest BCUT2D eigenvalue weighted by atomic mass is 35.5. The second-order valence-electron chi connectivity index (χ2n) is 6.96. The SMILES string of the molecule is COc1ccc2c(c1)OC(NC1=CC(=O)CCC1)=C(C#N)C2c1ccc(Cl)cc1. The third-order valence-electron chi connectivity index (χ3n) is 5.08. The van der Waals surface area contributed by atoms with Crippen molar-refractivity contribution in [1.82, 2.24) is 5.32 Å². The second-order valence-corrected chi connectivity index (χ2v) is 7.40. The van der Waals surface area contributed by atoms with E-state index in [-0.39, 0.29) is 11.7 Å². The summed E-state index contributed by atoms with van der Waals surface area (Å²) in [5, 5.41) is 13.8. The van der Waals surface area contributed by atoms with Crippen molar-refractivity contribution in [2.24, 2.45) is 0 Å². The zero-order valence-electron chi connectivity index (χ0n) is 15.9. The number of rotatable bonds is 4. The van der Waals surface area contributed by atoms with E-state index < -0.39 is 0 Å². The largest absolute Gasteiger partial charge is 0.497 e. The quantitative estimate of drug-likeness (QED) is 0.787. The highest BCUT2D eigenvalue weighted by Crippen LogP contribution is 2.44. The van der Waals surface area contributed by atoms with Crippen molar-refractivity contribution in [3.8, 4) is 17.6 Å². The van der Waals surface area contributed by atoms with Crippen LogP contribution in [-0.2, 0) is 4.79 Å². The first-order chi connectivity index (χ1) is 14.1. The van der Waals surface area contributed by atoms with Crippen molar-refractivity contribution in [3.63, 3.8) is 0 Å². The zero-order chi connectivity index (χ0) is 20.4. The van der Waals surface area contributed by atoms with Gasteiger partial charge in [-0.05, 0) is 36.6 Å². The van der Waals surface area contributed by atoms with Gasteiger partial charge >= 0.3 is 0 Å². The van der Waals surface area contributed by atoms with Crippen molar-refractivity contribution in [2.75, 3.05) is 7.11 Å². The Kier molecular flexibility index (Phi) is 5.28. The molecule has 0 bridgehead atoms. The fourth-order valence-corrected chi connectivity index (χ4v) is 3.79. The molecule has 1 heterocycles. The molecule has 0 aromatic heterocycles. The number of carbonyl (C=O) groups is 1. The van der Waals surface area contributed by atoms with Crippen molar-refractivity contribution < 1.29 is 14.3 Å². The van der Waals surface area contributed by atoms with Gasteiger partial charge in [-0.3, -0.25) is 4.79 Å². The molecule has 1 atom stereocenters. The average Bonchev–Trinajstić information content (AvgIpc) is 2.73. The monoisotopic (exact) mass is 406 g/mol. The number of ketones is 1. The van der Waals surface area contributed by atoms with Gasteiger partial charge in [-0.2, -0.15) is 5.26 Å². The summed E-state index contributed by atoms with van der Waals surface area (Å²) in [5.74, 6) is 1.35. The average molecular weight is 407 g/mol. The van der Waals surface area contributed by atoms with E-state index in [1.165, 1.54) is 0 Å². The molecule has 2 aromatic rings. The van der Waals surface area contributed by atoms with E-state index in [1.54, 1.807) is 31.4 Å². The van der Waals surface area contributed by atoms with Crippen LogP contribution < -0.4 is 14.8 Å². The lowest BCUT2D eigenvalue weighted by Gasteiger charge is -2.29. The molecule has 0 spiro atoms. The molecule has 146 valence electrons. The molecule has 0 fully saturated rings. The highest BCUT2D eigenvalue weighted by molar-refractivity contribution is 6.30. The van der Waals surface area contributed by atoms with Crippen LogP contribution in [0.3, 0.4) is 0 Å². The van der Waals surface area contributed by atoms with Gasteiger partial charge in [0.2, 0.25) is 5.88 Å². The molecule has 1 unspecified atom stereocenters. The summed E-state index contributed by atoms with van der Waals surface area (Å²) in [6.07, 6.45) is 3.64. The molecule has 1 aliphatic carbocycles. The maximum Gasteiger partial charge on any atom is 0.212 e. The minimum atomic E-state index is -0.325. The number of hydrogen-bond donors (Lipinski definition) is 1. The van der Waals surface area contributed by atoms with Gasteiger partial charge in [0.25, 0.3) is 0 Å². The fourth-order valence-electron chi connectivity index (χ4n) is 3.67. The molecule has 0 radical (unpaired) electrons. The van der Waals surface area contributed by atoms with Gasteiger partial charge in [-0.25, -0.2) is 0 Å². The van der Waals surface area contributed by atoms with E-state index in [0.717, 1.165) is 29.7 Å². The van der Waals surface area contributed by atoms with Crippen molar-refractivity contribution >= 4 is 17.4 Å². The number of allylic oxidation sites excluding steroid dienone is 3. The summed E-state index contributed by atoms with van der Waals surface area (Å²) in [6.45, 7) is 0. The smallest absolute Gasteiger partial charge is 0.212 e. The Balaban J connectivity index is 1.83. The first-order valence-corrected chi connectivity index (χ1v) is 9.73. The van der Waals surface area contributed by atoms with Gasteiger partial charge < -0.3 is 14.8 Å². The third kappa shape index (κ3) is 3.85. The molecule has 2 aromatic carbocycles. The van der Waals surface area contributed by atoms with Gasteiger partial charge in [0, 0.05) is 34.8 Å². The van der Waals surface area contributed by atoms with Crippen LogP contribution in [0.25, 0.3) is 0 Å². The standard InChI is InChI=1S/C23H19ClN2O3/c1-28-18-9-10-19-21(12-18)29-23(26-16-3-2-4-17(27)11-16)20(13-25)22(19)14-5-7-15(24)8-6-14/h5-12,22,26H,2-4H2,1H3. The summed E-state index contributed by atoms with van der Waals surface area (Å²) >= 11 is 6.06. The number of nitriles is 1. The number of methoxy groups -OCH3 is 1. The molecule has 0 saturated heterocycles. The molecule has 6 heteroatoms. The Labute approximate surface area is 174 Å². The Morgan fingerprint density at radius 1 is 1.21 bits per heavy atom. The van der Waals surface area contributed by atoms with E-state index in [4.69, 9.17) is 21.1 Å². The molecular weight excluding hydrogens is 388 g/mol. The van der Waals surface area contributed by atoms with E-state index >= 15 is 0 Å². The van der Waals surface area contributed by atoms with Crippen LogP contribution in [0.15, 0.2) is 65.7 Å². The molecule has 29 heavy (non-hydrogen) atoms. The van der Waals surface area contributed by atoms with Crippen LogP contribution in [-0.4, -0.2) is 12.9 Å². The zero-order valence-corrected chi connectivity index (χ0v) is 16.6. The van der Waals surface area contributed by atoms with E-state index in [0.29, 0.717) is 34.4 Å². The summed E-state index contributed by atoms with van der Waals surface area (Å²) in [6, 6.07) is 15.3. The van der Waals surface area contributed by atoms with E-state index in [2.05, 4.69) is 11.4 Å². The second kappa shape index (κ2) is 8.02. The third-order valence-corrected chi connectivity index (χ3v) is 5.33. The van der Waals surface area contributed by atoms with E-state index in [9.17, 15) is 10.1 Å². The number of benzene rings is 2. The van der Waals surface area contributed by atoms with Crippen LogP contribution >= 0.6 is 11.6 Å². The lowest BCUT2D eigenvalue weighted by molar-refractivity contribution is -0.115. The van der Waals surface area contributed by atoms with E-state index in [1.807, 2.05) is 24.3 Å². The summed E-state index contributed by atoms with van der Waals surface area (Å²) in [4.78, 5) is 11.8. The van der Waals surface area contributed by atoms with Gasteiger partial charge in [0.1, 0.15) is 23.1 Å². The van der Waals surface area contributed by atoms with Crippen LogP contribution in [0.1, 0.15) is 36.3 Å². The highest BCUT2D eigenvalue weighted by Gasteiger charge is 2.32. The van der Waals surface area contributed by atoms with Gasteiger partial charge in [0.05, 0.1) is 13.0 Å². The molecule has 1 N–H and O–H groups in total. The summed E-state index contributed by atoms with van der Waals surface area (Å²) in [5.41, 5.74) is 2.99. The normalized spacial score (nSPS) is 18.3. The number of fused-ring (bicyclic) bond motifs is 1. The topological polar surface area (TPSA) is 71.3 Å². The number of halogens is 1. The Hall–Kier alpha value is -3.23. The van der Waals surface area contributed by atoms with Gasteiger partial charge in [0.15, 0.2) is 5.78 Å².